The van der Waals surface area contributed by atoms with Gasteiger partial charge >= 0.3 is 0 Å². The maximum Gasteiger partial charge on any atom is 0.217 e. The summed E-state index contributed by atoms with van der Waals surface area (Å²) in [6, 6.07) is 8.84. The lowest BCUT2D eigenvalue weighted by Gasteiger charge is -2.06. The summed E-state index contributed by atoms with van der Waals surface area (Å²) in [4.78, 5) is 8.43. The van der Waals surface area contributed by atoms with Crippen LogP contribution in [0.4, 0.5) is 0 Å². The zero-order chi connectivity index (χ0) is 16.9. The highest BCUT2D eigenvalue weighted by Crippen LogP contribution is 2.24. The van der Waals surface area contributed by atoms with Crippen molar-refractivity contribution in [3.8, 4) is 11.6 Å². The van der Waals surface area contributed by atoms with E-state index in [2.05, 4.69) is 20.2 Å². The SMILES string of the molecule is COc1ccnc(Sc2nnc(COc3ccc(Cl)cc3)n2C)n1. The number of halogens is 1. The van der Waals surface area contributed by atoms with E-state index in [1.54, 1.807) is 43.6 Å². The van der Waals surface area contributed by atoms with Crippen LogP contribution in [0.5, 0.6) is 11.6 Å². The summed E-state index contributed by atoms with van der Waals surface area (Å²) in [5, 5.41) is 10.2. The lowest BCUT2D eigenvalue weighted by molar-refractivity contribution is 0.290. The van der Waals surface area contributed by atoms with Crippen molar-refractivity contribution in [1.82, 2.24) is 24.7 Å². The number of benzene rings is 1. The van der Waals surface area contributed by atoms with Gasteiger partial charge in [0.25, 0.3) is 0 Å². The van der Waals surface area contributed by atoms with E-state index < -0.39 is 0 Å². The van der Waals surface area contributed by atoms with E-state index in [0.29, 0.717) is 39.4 Å². The van der Waals surface area contributed by atoms with Crippen molar-refractivity contribution in [2.45, 2.75) is 16.9 Å². The van der Waals surface area contributed by atoms with Gasteiger partial charge in [0.05, 0.1) is 7.11 Å². The van der Waals surface area contributed by atoms with Crippen molar-refractivity contribution >= 4 is 23.4 Å². The predicted molar refractivity (Wildman–Crippen MR) is 89.5 cm³/mol. The number of ether oxygens (including phenoxy) is 2. The van der Waals surface area contributed by atoms with Crippen LogP contribution in [0.2, 0.25) is 5.02 Å². The van der Waals surface area contributed by atoms with Crippen LogP contribution in [0.1, 0.15) is 5.82 Å². The Labute approximate surface area is 148 Å². The summed E-state index contributed by atoms with van der Waals surface area (Å²) >= 11 is 7.15. The van der Waals surface area contributed by atoms with Gasteiger partial charge in [0.1, 0.15) is 12.4 Å². The van der Waals surface area contributed by atoms with E-state index in [0.717, 1.165) is 0 Å². The number of rotatable bonds is 6. The highest BCUT2D eigenvalue weighted by atomic mass is 35.5. The molecule has 0 N–H and O–H groups in total. The Kier molecular flexibility index (Phi) is 5.17. The van der Waals surface area contributed by atoms with Gasteiger partial charge in [-0.05, 0) is 36.0 Å². The second-order valence-electron chi connectivity index (χ2n) is 4.68. The monoisotopic (exact) mass is 363 g/mol. The second-order valence-corrected chi connectivity index (χ2v) is 6.05. The van der Waals surface area contributed by atoms with Crippen LogP contribution < -0.4 is 9.47 Å². The number of hydrogen-bond donors (Lipinski definition) is 0. The molecule has 0 amide bonds. The maximum atomic E-state index is 5.85. The Morgan fingerprint density at radius 1 is 1.17 bits per heavy atom. The Hall–Kier alpha value is -2.32. The zero-order valence-electron chi connectivity index (χ0n) is 13.0. The first-order valence-corrected chi connectivity index (χ1v) is 8.16. The molecule has 0 aliphatic rings. The fourth-order valence-corrected chi connectivity index (χ4v) is 2.67. The molecule has 0 saturated heterocycles. The van der Waals surface area contributed by atoms with Gasteiger partial charge in [0.15, 0.2) is 16.1 Å². The zero-order valence-corrected chi connectivity index (χ0v) is 14.6. The summed E-state index contributed by atoms with van der Waals surface area (Å²) < 4.78 is 12.6. The van der Waals surface area contributed by atoms with Gasteiger partial charge in [-0.3, -0.25) is 0 Å². The molecule has 24 heavy (non-hydrogen) atoms. The van der Waals surface area contributed by atoms with Crippen LogP contribution in [0, 0.1) is 0 Å². The van der Waals surface area contributed by atoms with Crippen LogP contribution in [0.15, 0.2) is 46.8 Å². The van der Waals surface area contributed by atoms with Crippen molar-refractivity contribution in [3.63, 3.8) is 0 Å². The topological polar surface area (TPSA) is 75.0 Å². The van der Waals surface area contributed by atoms with E-state index in [4.69, 9.17) is 21.1 Å². The Balaban J connectivity index is 1.67. The van der Waals surface area contributed by atoms with Gasteiger partial charge in [-0.25, -0.2) is 4.98 Å². The van der Waals surface area contributed by atoms with E-state index in [-0.39, 0.29) is 0 Å². The third-order valence-electron chi connectivity index (χ3n) is 3.11. The first-order valence-electron chi connectivity index (χ1n) is 6.97. The van der Waals surface area contributed by atoms with Crippen molar-refractivity contribution < 1.29 is 9.47 Å². The predicted octanol–water partition coefficient (Wildman–Crippen LogP) is 3.00. The van der Waals surface area contributed by atoms with Crippen LogP contribution in [-0.2, 0) is 13.7 Å². The first-order chi connectivity index (χ1) is 11.7. The third kappa shape index (κ3) is 3.95. The molecular weight excluding hydrogens is 350 g/mol. The minimum Gasteiger partial charge on any atom is -0.486 e. The van der Waals surface area contributed by atoms with E-state index in [1.165, 1.54) is 11.8 Å². The molecule has 2 aromatic heterocycles. The first kappa shape index (κ1) is 16.5. The minimum absolute atomic E-state index is 0.296. The molecule has 0 bridgehead atoms. The van der Waals surface area contributed by atoms with E-state index in [1.807, 2.05) is 11.6 Å². The number of nitrogens with zero attached hydrogens (tertiary/aromatic N) is 5. The lowest BCUT2D eigenvalue weighted by atomic mass is 10.3. The van der Waals surface area contributed by atoms with Gasteiger partial charge in [-0.1, -0.05) is 11.6 Å². The molecular formula is C15H14ClN5O2S. The molecule has 1 aromatic carbocycles. The lowest BCUT2D eigenvalue weighted by Crippen LogP contribution is -2.04. The second kappa shape index (κ2) is 7.50. The third-order valence-corrected chi connectivity index (χ3v) is 4.28. The molecule has 0 radical (unpaired) electrons. The van der Waals surface area contributed by atoms with E-state index >= 15 is 0 Å². The molecule has 124 valence electrons. The Bertz CT molecular complexity index is 825. The van der Waals surface area contributed by atoms with Crippen LogP contribution in [0.3, 0.4) is 0 Å². The van der Waals surface area contributed by atoms with E-state index in [9.17, 15) is 0 Å². The van der Waals surface area contributed by atoms with Gasteiger partial charge in [-0.15, -0.1) is 10.2 Å². The molecule has 0 aliphatic heterocycles. The fraction of sp³-hybridized carbons (Fsp3) is 0.200. The molecule has 2 heterocycles. The molecule has 0 atom stereocenters. The largest absolute Gasteiger partial charge is 0.486 e. The molecule has 3 rings (SSSR count). The summed E-state index contributed by atoms with van der Waals surface area (Å²) in [7, 11) is 3.42. The summed E-state index contributed by atoms with van der Waals surface area (Å²) in [5.41, 5.74) is 0. The number of hydrogen-bond acceptors (Lipinski definition) is 7. The average Bonchev–Trinajstić information content (AvgIpc) is 2.95. The molecule has 0 aliphatic carbocycles. The summed E-state index contributed by atoms with van der Waals surface area (Å²) in [6.45, 7) is 0.296. The maximum absolute atomic E-state index is 5.85. The highest BCUT2D eigenvalue weighted by Gasteiger charge is 2.12. The van der Waals surface area contributed by atoms with Crippen molar-refractivity contribution in [3.05, 3.63) is 47.4 Å². The van der Waals surface area contributed by atoms with Crippen LogP contribution in [0.25, 0.3) is 0 Å². The number of aromatic nitrogens is 5. The van der Waals surface area contributed by atoms with Gasteiger partial charge in [0, 0.05) is 24.3 Å². The van der Waals surface area contributed by atoms with Crippen LogP contribution in [-0.4, -0.2) is 31.8 Å². The molecule has 7 nitrogen and oxygen atoms in total. The molecule has 0 saturated carbocycles. The van der Waals surface area contributed by atoms with Crippen molar-refractivity contribution in [2.75, 3.05) is 7.11 Å². The van der Waals surface area contributed by atoms with Gasteiger partial charge in [0.2, 0.25) is 5.88 Å². The van der Waals surface area contributed by atoms with Gasteiger partial charge < -0.3 is 14.0 Å². The van der Waals surface area contributed by atoms with Crippen LogP contribution >= 0.6 is 23.4 Å². The molecule has 0 unspecified atom stereocenters. The summed E-state index contributed by atoms with van der Waals surface area (Å²) in [6.07, 6.45) is 1.63. The highest BCUT2D eigenvalue weighted by molar-refractivity contribution is 7.99. The Morgan fingerprint density at radius 3 is 2.71 bits per heavy atom. The molecule has 0 spiro atoms. The van der Waals surface area contributed by atoms with Crippen molar-refractivity contribution in [2.24, 2.45) is 7.05 Å². The molecule has 9 heteroatoms. The minimum atomic E-state index is 0.296. The quantitative estimate of drug-likeness (QED) is 0.623. The summed E-state index contributed by atoms with van der Waals surface area (Å²) in [5.74, 6) is 1.91. The standard InChI is InChI=1S/C15H14ClN5O2S/c1-21-12(9-23-11-5-3-10(16)4-6-11)19-20-15(21)24-14-17-8-7-13(18-14)22-2/h3-8H,9H2,1-2H3. The van der Waals surface area contributed by atoms with Crippen molar-refractivity contribution in [1.29, 1.82) is 0 Å². The Morgan fingerprint density at radius 2 is 1.96 bits per heavy atom. The normalized spacial score (nSPS) is 10.6. The number of methoxy groups -OCH3 is 1. The average molecular weight is 364 g/mol. The molecule has 3 aromatic rings. The molecule has 0 fully saturated rings. The van der Waals surface area contributed by atoms with Gasteiger partial charge in [-0.2, -0.15) is 4.98 Å². The fourth-order valence-electron chi connectivity index (χ4n) is 1.81. The smallest absolute Gasteiger partial charge is 0.217 e.